The van der Waals surface area contributed by atoms with Gasteiger partial charge in [-0.1, -0.05) is 23.2 Å². The van der Waals surface area contributed by atoms with E-state index in [-0.39, 0.29) is 12.5 Å². The summed E-state index contributed by atoms with van der Waals surface area (Å²) in [5.41, 5.74) is 0. The van der Waals surface area contributed by atoms with Gasteiger partial charge in [0.15, 0.2) is 6.61 Å². The third kappa shape index (κ3) is 4.27. The van der Waals surface area contributed by atoms with Crippen molar-refractivity contribution in [3.8, 4) is 5.75 Å². The van der Waals surface area contributed by atoms with Gasteiger partial charge in [0.2, 0.25) is 0 Å². The number of carbonyl (C=O) groups excluding carboxylic acids is 1. The molecule has 1 fully saturated rings. The van der Waals surface area contributed by atoms with E-state index in [0.29, 0.717) is 21.8 Å². The van der Waals surface area contributed by atoms with E-state index in [9.17, 15) is 4.79 Å². The minimum Gasteiger partial charge on any atom is -0.484 e. The SMILES string of the molecule is CNC1CCCN(C(=O)COc2cc(Cl)cc(Cl)c2)C1. The molecule has 1 unspecified atom stereocenters. The average molecular weight is 317 g/mol. The molecular formula is C14H18Cl2N2O2. The first kappa shape index (κ1) is 15.4. The first-order valence-corrected chi connectivity index (χ1v) is 7.38. The fraction of sp³-hybridized carbons (Fsp3) is 0.500. The zero-order valence-electron chi connectivity index (χ0n) is 11.4. The second kappa shape index (κ2) is 7.16. The summed E-state index contributed by atoms with van der Waals surface area (Å²) in [6.45, 7) is 1.53. The van der Waals surface area contributed by atoms with E-state index < -0.39 is 0 Å². The maximum atomic E-state index is 12.1. The molecule has 2 rings (SSSR count). The molecule has 1 atom stereocenters. The summed E-state index contributed by atoms with van der Waals surface area (Å²) >= 11 is 11.8. The largest absolute Gasteiger partial charge is 0.484 e. The molecule has 6 heteroatoms. The molecule has 4 nitrogen and oxygen atoms in total. The molecule has 0 bridgehead atoms. The maximum Gasteiger partial charge on any atom is 0.260 e. The first-order valence-electron chi connectivity index (χ1n) is 6.62. The van der Waals surface area contributed by atoms with Gasteiger partial charge in [-0.2, -0.15) is 0 Å². The smallest absolute Gasteiger partial charge is 0.260 e. The van der Waals surface area contributed by atoms with E-state index in [4.69, 9.17) is 27.9 Å². The summed E-state index contributed by atoms with van der Waals surface area (Å²) in [5, 5.41) is 4.20. The molecular weight excluding hydrogens is 299 g/mol. The van der Waals surface area contributed by atoms with Crippen LogP contribution in [0.1, 0.15) is 12.8 Å². The Balaban J connectivity index is 1.88. The van der Waals surface area contributed by atoms with Crippen LogP contribution >= 0.6 is 23.2 Å². The van der Waals surface area contributed by atoms with Crippen molar-refractivity contribution in [3.05, 3.63) is 28.2 Å². The molecule has 1 saturated heterocycles. The van der Waals surface area contributed by atoms with Gasteiger partial charge in [0.05, 0.1) is 0 Å². The Labute approximate surface area is 129 Å². The van der Waals surface area contributed by atoms with Crippen molar-refractivity contribution in [1.82, 2.24) is 10.2 Å². The molecule has 1 aliphatic heterocycles. The molecule has 1 heterocycles. The summed E-state index contributed by atoms with van der Waals surface area (Å²) < 4.78 is 5.47. The lowest BCUT2D eigenvalue weighted by Gasteiger charge is -2.32. The van der Waals surface area contributed by atoms with E-state index in [1.165, 1.54) is 0 Å². The highest BCUT2D eigenvalue weighted by molar-refractivity contribution is 6.34. The van der Waals surface area contributed by atoms with Crippen molar-refractivity contribution in [1.29, 1.82) is 0 Å². The molecule has 0 aliphatic carbocycles. The van der Waals surface area contributed by atoms with Crippen LogP contribution in [0.15, 0.2) is 18.2 Å². The van der Waals surface area contributed by atoms with Crippen LogP contribution in [0.25, 0.3) is 0 Å². The Morgan fingerprint density at radius 3 is 2.75 bits per heavy atom. The van der Waals surface area contributed by atoms with Crippen LogP contribution in [0.4, 0.5) is 0 Å². The van der Waals surface area contributed by atoms with Gasteiger partial charge in [-0.25, -0.2) is 0 Å². The fourth-order valence-corrected chi connectivity index (χ4v) is 2.79. The second-order valence-corrected chi connectivity index (χ2v) is 5.73. The zero-order valence-corrected chi connectivity index (χ0v) is 12.9. The number of carbonyl (C=O) groups is 1. The van der Waals surface area contributed by atoms with E-state index in [1.807, 2.05) is 11.9 Å². The number of nitrogens with zero attached hydrogens (tertiary/aromatic N) is 1. The maximum absolute atomic E-state index is 12.1. The van der Waals surface area contributed by atoms with Crippen molar-refractivity contribution in [2.45, 2.75) is 18.9 Å². The monoisotopic (exact) mass is 316 g/mol. The summed E-state index contributed by atoms with van der Waals surface area (Å²) in [5.74, 6) is 0.499. The summed E-state index contributed by atoms with van der Waals surface area (Å²) in [6.07, 6.45) is 2.12. The van der Waals surface area contributed by atoms with Gasteiger partial charge in [0, 0.05) is 29.2 Å². The second-order valence-electron chi connectivity index (χ2n) is 4.86. The van der Waals surface area contributed by atoms with Gasteiger partial charge in [-0.3, -0.25) is 4.79 Å². The molecule has 20 heavy (non-hydrogen) atoms. The molecule has 1 aliphatic rings. The number of rotatable bonds is 4. The minimum atomic E-state index is -0.0129. The van der Waals surface area contributed by atoms with E-state index >= 15 is 0 Å². The summed E-state index contributed by atoms with van der Waals surface area (Å²) in [7, 11) is 1.92. The minimum absolute atomic E-state index is 0.00705. The third-order valence-corrected chi connectivity index (χ3v) is 3.82. The number of likely N-dealkylation sites (tertiary alicyclic amines) is 1. The van der Waals surface area contributed by atoms with Gasteiger partial charge in [0.25, 0.3) is 5.91 Å². The quantitative estimate of drug-likeness (QED) is 0.928. The number of ether oxygens (including phenoxy) is 1. The number of hydrogen-bond donors (Lipinski definition) is 1. The van der Waals surface area contributed by atoms with Crippen LogP contribution in [0.2, 0.25) is 10.0 Å². The van der Waals surface area contributed by atoms with Gasteiger partial charge < -0.3 is 15.0 Å². The highest BCUT2D eigenvalue weighted by Gasteiger charge is 2.22. The van der Waals surface area contributed by atoms with Crippen LogP contribution in [-0.2, 0) is 4.79 Å². The Morgan fingerprint density at radius 1 is 1.40 bits per heavy atom. The standard InChI is InChI=1S/C14H18Cl2N2O2/c1-17-12-3-2-4-18(8-12)14(19)9-20-13-6-10(15)5-11(16)7-13/h5-7,12,17H,2-4,8-9H2,1H3. The Morgan fingerprint density at radius 2 is 2.10 bits per heavy atom. The van der Waals surface area contributed by atoms with Gasteiger partial charge in [-0.05, 0) is 38.1 Å². The molecule has 110 valence electrons. The van der Waals surface area contributed by atoms with Crippen LogP contribution in [0.3, 0.4) is 0 Å². The molecule has 0 saturated carbocycles. The lowest BCUT2D eigenvalue weighted by molar-refractivity contribution is -0.134. The molecule has 0 radical (unpaired) electrons. The third-order valence-electron chi connectivity index (χ3n) is 3.38. The summed E-state index contributed by atoms with van der Waals surface area (Å²) in [6, 6.07) is 5.29. The fourth-order valence-electron chi connectivity index (χ4n) is 2.29. The zero-order chi connectivity index (χ0) is 14.5. The first-order chi connectivity index (χ1) is 9.58. The Bertz CT molecular complexity index is 462. The molecule has 1 amide bonds. The molecule has 1 N–H and O–H groups in total. The van der Waals surface area contributed by atoms with Crippen molar-refractivity contribution in [2.24, 2.45) is 0 Å². The average Bonchev–Trinajstić information content (AvgIpc) is 2.44. The molecule has 0 spiro atoms. The highest BCUT2D eigenvalue weighted by atomic mass is 35.5. The van der Waals surface area contributed by atoms with Crippen LogP contribution in [-0.4, -0.2) is 43.6 Å². The molecule has 1 aromatic carbocycles. The van der Waals surface area contributed by atoms with Crippen molar-refractivity contribution < 1.29 is 9.53 Å². The Hall–Kier alpha value is -0.970. The van der Waals surface area contributed by atoms with E-state index in [2.05, 4.69) is 5.32 Å². The number of likely N-dealkylation sites (N-methyl/N-ethyl adjacent to an activating group) is 1. The molecule has 1 aromatic rings. The highest BCUT2D eigenvalue weighted by Crippen LogP contribution is 2.24. The molecule has 0 aromatic heterocycles. The number of piperidine rings is 1. The number of benzene rings is 1. The number of amides is 1. The lowest BCUT2D eigenvalue weighted by atomic mass is 10.1. The number of halogens is 2. The number of nitrogens with one attached hydrogen (secondary N) is 1. The van der Waals surface area contributed by atoms with Crippen molar-refractivity contribution >= 4 is 29.1 Å². The van der Waals surface area contributed by atoms with E-state index in [0.717, 1.165) is 25.9 Å². The predicted molar refractivity (Wildman–Crippen MR) is 80.6 cm³/mol. The van der Waals surface area contributed by atoms with Gasteiger partial charge in [0.1, 0.15) is 5.75 Å². The van der Waals surface area contributed by atoms with Crippen LogP contribution < -0.4 is 10.1 Å². The topological polar surface area (TPSA) is 41.6 Å². The van der Waals surface area contributed by atoms with Crippen LogP contribution in [0.5, 0.6) is 5.75 Å². The lowest BCUT2D eigenvalue weighted by Crippen LogP contribution is -2.48. The number of hydrogen-bond acceptors (Lipinski definition) is 3. The van der Waals surface area contributed by atoms with Crippen molar-refractivity contribution in [3.63, 3.8) is 0 Å². The van der Waals surface area contributed by atoms with Crippen molar-refractivity contribution in [2.75, 3.05) is 26.7 Å². The van der Waals surface area contributed by atoms with Gasteiger partial charge in [-0.15, -0.1) is 0 Å². The predicted octanol–water partition coefficient (Wildman–Crippen LogP) is 2.58. The van der Waals surface area contributed by atoms with Gasteiger partial charge >= 0.3 is 0 Å². The Kier molecular flexibility index (Phi) is 5.52. The van der Waals surface area contributed by atoms with Crippen LogP contribution in [0, 0.1) is 0 Å². The normalized spacial score (nSPS) is 18.9. The summed E-state index contributed by atoms with van der Waals surface area (Å²) in [4.78, 5) is 13.9. The van der Waals surface area contributed by atoms with E-state index in [1.54, 1.807) is 18.2 Å².